The Balaban J connectivity index is 1.93. The minimum atomic E-state index is -0.158. The van der Waals surface area contributed by atoms with Crippen LogP contribution < -0.4 is 5.32 Å². The van der Waals surface area contributed by atoms with E-state index in [1.54, 1.807) is 0 Å². The highest BCUT2D eigenvalue weighted by atomic mass is 16.5. The molecule has 0 aromatic rings. The maximum absolute atomic E-state index is 12.1. The van der Waals surface area contributed by atoms with Crippen LogP contribution in [-0.2, 0) is 9.53 Å². The number of carbonyl (C=O) groups is 1. The summed E-state index contributed by atoms with van der Waals surface area (Å²) in [5.41, 5.74) is 0. The first-order chi connectivity index (χ1) is 9.76. The van der Waals surface area contributed by atoms with Crippen molar-refractivity contribution in [2.45, 2.75) is 64.5 Å². The number of piperidine rings is 1. The number of nitrogens with zero attached hydrogens (tertiary/aromatic N) is 1. The lowest BCUT2D eigenvalue weighted by molar-refractivity contribution is -0.146. The molecule has 2 fully saturated rings. The summed E-state index contributed by atoms with van der Waals surface area (Å²) in [7, 11) is 0. The van der Waals surface area contributed by atoms with Gasteiger partial charge in [-0.3, -0.25) is 9.69 Å². The highest BCUT2D eigenvalue weighted by Crippen LogP contribution is 2.36. The second-order valence-electron chi connectivity index (χ2n) is 6.15. The molecule has 0 aromatic heterocycles. The zero-order valence-corrected chi connectivity index (χ0v) is 13.1. The summed E-state index contributed by atoms with van der Waals surface area (Å²) in [6.45, 7) is 7.32. The van der Waals surface area contributed by atoms with Crippen molar-refractivity contribution in [3.05, 3.63) is 0 Å². The van der Waals surface area contributed by atoms with Crippen LogP contribution in [0.1, 0.15) is 52.4 Å². The van der Waals surface area contributed by atoms with Crippen molar-refractivity contribution in [2.24, 2.45) is 5.92 Å². The SMILES string of the molecule is CCCNC(CN1CCCC2CCCC21)C(=O)OCC. The van der Waals surface area contributed by atoms with Crippen LogP contribution in [0.25, 0.3) is 0 Å². The van der Waals surface area contributed by atoms with Crippen molar-refractivity contribution in [1.82, 2.24) is 10.2 Å². The number of hydrogen-bond donors (Lipinski definition) is 1. The smallest absolute Gasteiger partial charge is 0.324 e. The predicted octanol–water partition coefficient (Wildman–Crippen LogP) is 2.18. The fourth-order valence-corrected chi connectivity index (χ4v) is 3.80. The molecule has 20 heavy (non-hydrogen) atoms. The van der Waals surface area contributed by atoms with Crippen LogP contribution >= 0.6 is 0 Å². The summed E-state index contributed by atoms with van der Waals surface area (Å²) in [4.78, 5) is 14.7. The maximum Gasteiger partial charge on any atom is 0.324 e. The zero-order valence-electron chi connectivity index (χ0n) is 13.1. The molecule has 0 bridgehead atoms. The Hall–Kier alpha value is -0.610. The van der Waals surface area contributed by atoms with Gasteiger partial charge in [-0.15, -0.1) is 0 Å². The van der Waals surface area contributed by atoms with E-state index in [9.17, 15) is 4.79 Å². The largest absolute Gasteiger partial charge is 0.465 e. The van der Waals surface area contributed by atoms with Crippen molar-refractivity contribution in [3.63, 3.8) is 0 Å². The Bertz CT molecular complexity index is 309. The van der Waals surface area contributed by atoms with Crippen LogP contribution in [0.4, 0.5) is 0 Å². The second-order valence-corrected chi connectivity index (χ2v) is 6.15. The molecule has 1 saturated heterocycles. The van der Waals surface area contributed by atoms with Crippen molar-refractivity contribution in [3.8, 4) is 0 Å². The third-order valence-corrected chi connectivity index (χ3v) is 4.74. The van der Waals surface area contributed by atoms with Gasteiger partial charge in [0.05, 0.1) is 6.61 Å². The molecule has 1 N–H and O–H groups in total. The van der Waals surface area contributed by atoms with Gasteiger partial charge >= 0.3 is 5.97 Å². The third-order valence-electron chi connectivity index (χ3n) is 4.74. The number of ether oxygens (including phenoxy) is 1. The number of fused-ring (bicyclic) bond motifs is 1. The molecule has 1 heterocycles. The van der Waals surface area contributed by atoms with E-state index in [4.69, 9.17) is 4.74 Å². The van der Waals surface area contributed by atoms with Crippen molar-refractivity contribution in [1.29, 1.82) is 0 Å². The lowest BCUT2D eigenvalue weighted by Gasteiger charge is -2.39. The Labute approximate surface area is 123 Å². The first kappa shape index (κ1) is 15.8. The van der Waals surface area contributed by atoms with Crippen LogP contribution in [0, 0.1) is 5.92 Å². The van der Waals surface area contributed by atoms with Gasteiger partial charge in [-0.25, -0.2) is 0 Å². The Kier molecular flexibility index (Phi) is 6.30. The first-order valence-corrected chi connectivity index (χ1v) is 8.40. The molecule has 3 atom stereocenters. The molecule has 116 valence electrons. The summed E-state index contributed by atoms with van der Waals surface area (Å²) >= 11 is 0. The fraction of sp³-hybridized carbons (Fsp3) is 0.938. The fourth-order valence-electron chi connectivity index (χ4n) is 3.80. The lowest BCUT2D eigenvalue weighted by Crippen LogP contribution is -2.52. The van der Waals surface area contributed by atoms with Crippen LogP contribution in [0.5, 0.6) is 0 Å². The standard InChI is InChI=1S/C16H30N2O2/c1-3-10-17-14(16(19)20-4-2)12-18-11-6-8-13-7-5-9-15(13)18/h13-15,17H,3-12H2,1-2H3. The van der Waals surface area contributed by atoms with E-state index >= 15 is 0 Å². The van der Waals surface area contributed by atoms with Gasteiger partial charge in [0.2, 0.25) is 0 Å². The average molecular weight is 282 g/mol. The van der Waals surface area contributed by atoms with E-state index in [1.165, 1.54) is 32.1 Å². The second kappa shape index (κ2) is 7.99. The van der Waals surface area contributed by atoms with Crippen LogP contribution in [0.3, 0.4) is 0 Å². The molecule has 1 saturated carbocycles. The molecule has 4 nitrogen and oxygen atoms in total. The molecule has 0 spiro atoms. The monoisotopic (exact) mass is 282 g/mol. The highest BCUT2D eigenvalue weighted by Gasteiger charge is 2.36. The van der Waals surface area contributed by atoms with E-state index in [1.807, 2.05) is 6.92 Å². The quantitative estimate of drug-likeness (QED) is 0.727. The van der Waals surface area contributed by atoms with E-state index in [2.05, 4.69) is 17.1 Å². The number of likely N-dealkylation sites (tertiary alicyclic amines) is 1. The lowest BCUT2D eigenvalue weighted by atomic mass is 9.91. The van der Waals surface area contributed by atoms with Gasteiger partial charge in [-0.05, 0) is 58.0 Å². The predicted molar refractivity (Wildman–Crippen MR) is 80.7 cm³/mol. The minimum absolute atomic E-state index is 0.0823. The van der Waals surface area contributed by atoms with Gasteiger partial charge < -0.3 is 10.1 Å². The van der Waals surface area contributed by atoms with Crippen molar-refractivity contribution in [2.75, 3.05) is 26.2 Å². The number of esters is 1. The molecule has 2 aliphatic rings. The topological polar surface area (TPSA) is 41.6 Å². The van der Waals surface area contributed by atoms with Crippen LogP contribution in [0.15, 0.2) is 0 Å². The molecular formula is C16H30N2O2. The maximum atomic E-state index is 12.1. The molecule has 3 unspecified atom stereocenters. The van der Waals surface area contributed by atoms with Crippen LogP contribution in [0.2, 0.25) is 0 Å². The molecule has 1 aliphatic heterocycles. The van der Waals surface area contributed by atoms with E-state index in [0.717, 1.165) is 32.0 Å². The average Bonchev–Trinajstić information content (AvgIpc) is 2.92. The van der Waals surface area contributed by atoms with Gasteiger partial charge in [0.1, 0.15) is 6.04 Å². The van der Waals surface area contributed by atoms with Gasteiger partial charge in [0.25, 0.3) is 0 Å². The van der Waals surface area contributed by atoms with Gasteiger partial charge in [-0.2, -0.15) is 0 Å². The van der Waals surface area contributed by atoms with Crippen molar-refractivity contribution < 1.29 is 9.53 Å². The summed E-state index contributed by atoms with van der Waals surface area (Å²) in [5, 5.41) is 3.36. The number of nitrogens with one attached hydrogen (secondary N) is 1. The molecule has 0 aromatic carbocycles. The minimum Gasteiger partial charge on any atom is -0.465 e. The third kappa shape index (κ3) is 3.95. The molecule has 0 radical (unpaired) electrons. The number of carbonyl (C=O) groups excluding carboxylic acids is 1. The van der Waals surface area contributed by atoms with Gasteiger partial charge in [-0.1, -0.05) is 13.3 Å². The Morgan fingerprint density at radius 3 is 2.85 bits per heavy atom. The Morgan fingerprint density at radius 2 is 2.10 bits per heavy atom. The summed E-state index contributed by atoms with van der Waals surface area (Å²) in [6.07, 6.45) is 7.76. The molecule has 2 rings (SSSR count). The molecular weight excluding hydrogens is 252 g/mol. The highest BCUT2D eigenvalue weighted by molar-refractivity contribution is 5.76. The molecule has 4 heteroatoms. The zero-order chi connectivity index (χ0) is 14.4. The van der Waals surface area contributed by atoms with E-state index in [0.29, 0.717) is 12.6 Å². The Morgan fingerprint density at radius 1 is 1.30 bits per heavy atom. The summed E-state index contributed by atoms with van der Waals surface area (Å²) in [6, 6.07) is 0.554. The molecule has 0 amide bonds. The van der Waals surface area contributed by atoms with Crippen LogP contribution in [-0.4, -0.2) is 49.2 Å². The normalized spacial score (nSPS) is 28.1. The molecule has 1 aliphatic carbocycles. The van der Waals surface area contributed by atoms with Gasteiger partial charge in [0.15, 0.2) is 0 Å². The first-order valence-electron chi connectivity index (χ1n) is 8.40. The summed E-state index contributed by atoms with van der Waals surface area (Å²) < 4.78 is 5.23. The number of hydrogen-bond acceptors (Lipinski definition) is 4. The van der Waals surface area contributed by atoms with E-state index in [-0.39, 0.29) is 12.0 Å². The number of rotatable bonds is 7. The van der Waals surface area contributed by atoms with E-state index < -0.39 is 0 Å². The van der Waals surface area contributed by atoms with Crippen molar-refractivity contribution >= 4 is 5.97 Å². The summed E-state index contributed by atoms with van der Waals surface area (Å²) in [5.74, 6) is 0.791. The van der Waals surface area contributed by atoms with Gasteiger partial charge in [0, 0.05) is 12.6 Å².